The number of nitrogen functional groups attached to an aromatic ring is 1. The maximum atomic E-state index is 12.4. The summed E-state index contributed by atoms with van der Waals surface area (Å²) in [6, 6.07) is 8.68. The molecule has 0 bridgehead atoms. The molecule has 1 aromatic carbocycles. The molecule has 2 heterocycles. The van der Waals surface area contributed by atoms with E-state index in [1.807, 2.05) is 31.2 Å². The molecule has 0 spiro atoms. The standard InChI is InChI=1S/C17H19N5O3S/c1-2-12(26-17-20-10-5-3-4-6-11(10)25-17)16(24)19-8-7-14-21-13(18)9-15(23)22-14/h3-6,9,12H,2,7-8H2,1H3,(H,19,24)(H3,18,21,22,23)/t12-/m1/s1. The van der Waals surface area contributed by atoms with Crippen molar-refractivity contribution in [2.24, 2.45) is 0 Å². The molecule has 0 fully saturated rings. The number of carbonyl (C=O) groups is 1. The zero-order valence-corrected chi connectivity index (χ0v) is 15.0. The average molecular weight is 373 g/mol. The lowest BCUT2D eigenvalue weighted by Crippen LogP contribution is -2.34. The first-order valence-electron chi connectivity index (χ1n) is 8.21. The molecule has 1 amide bonds. The van der Waals surface area contributed by atoms with Crippen molar-refractivity contribution in [3.63, 3.8) is 0 Å². The van der Waals surface area contributed by atoms with Gasteiger partial charge in [-0.2, -0.15) is 0 Å². The Hall–Kier alpha value is -2.81. The third-order valence-electron chi connectivity index (χ3n) is 3.65. The summed E-state index contributed by atoms with van der Waals surface area (Å²) in [6.07, 6.45) is 1.01. The minimum Gasteiger partial charge on any atom is -0.431 e. The number of aromatic nitrogens is 3. The molecule has 3 aromatic rings. The number of nitrogens with one attached hydrogen (secondary N) is 2. The number of fused-ring (bicyclic) bond motifs is 1. The Labute approximate surface area is 153 Å². The van der Waals surface area contributed by atoms with Crippen LogP contribution in [0.3, 0.4) is 0 Å². The van der Waals surface area contributed by atoms with Gasteiger partial charge in [-0.25, -0.2) is 9.97 Å². The van der Waals surface area contributed by atoms with Crippen molar-refractivity contribution >= 4 is 34.6 Å². The molecule has 8 nitrogen and oxygen atoms in total. The number of carbonyl (C=O) groups excluding carboxylic acids is 1. The lowest BCUT2D eigenvalue weighted by molar-refractivity contribution is -0.120. The minimum atomic E-state index is -0.323. The first-order chi connectivity index (χ1) is 12.5. The molecule has 0 unspecified atom stereocenters. The van der Waals surface area contributed by atoms with Crippen molar-refractivity contribution in [2.75, 3.05) is 12.3 Å². The van der Waals surface area contributed by atoms with Crippen LogP contribution in [-0.4, -0.2) is 32.7 Å². The zero-order chi connectivity index (χ0) is 18.5. The van der Waals surface area contributed by atoms with Crippen LogP contribution in [0.2, 0.25) is 0 Å². The third-order valence-corrected chi connectivity index (χ3v) is 4.86. The van der Waals surface area contributed by atoms with E-state index in [0.29, 0.717) is 36.0 Å². The van der Waals surface area contributed by atoms with Gasteiger partial charge in [0.15, 0.2) is 5.58 Å². The van der Waals surface area contributed by atoms with Gasteiger partial charge in [-0.1, -0.05) is 30.8 Å². The fourth-order valence-electron chi connectivity index (χ4n) is 2.41. The van der Waals surface area contributed by atoms with E-state index in [0.717, 1.165) is 5.52 Å². The van der Waals surface area contributed by atoms with Crippen molar-refractivity contribution in [3.05, 3.63) is 46.5 Å². The fraction of sp³-hybridized carbons (Fsp3) is 0.294. The number of H-pyrrole nitrogens is 1. The number of amides is 1. The number of thioether (sulfide) groups is 1. The molecule has 0 aliphatic carbocycles. The Morgan fingerprint density at radius 1 is 1.38 bits per heavy atom. The van der Waals surface area contributed by atoms with Crippen molar-refractivity contribution in [2.45, 2.75) is 30.2 Å². The topological polar surface area (TPSA) is 127 Å². The number of aromatic amines is 1. The number of rotatable bonds is 7. The molecule has 0 aliphatic heterocycles. The van der Waals surface area contributed by atoms with E-state index in [4.69, 9.17) is 10.2 Å². The van der Waals surface area contributed by atoms with Crippen LogP contribution >= 0.6 is 11.8 Å². The van der Waals surface area contributed by atoms with Gasteiger partial charge >= 0.3 is 0 Å². The maximum Gasteiger partial charge on any atom is 0.257 e. The van der Waals surface area contributed by atoms with Crippen LogP contribution in [0.15, 0.2) is 44.8 Å². The Balaban J connectivity index is 1.57. The second-order valence-corrected chi connectivity index (χ2v) is 6.77. The number of hydrogen-bond acceptors (Lipinski definition) is 7. The van der Waals surface area contributed by atoms with E-state index >= 15 is 0 Å². The molecule has 2 aromatic heterocycles. The van der Waals surface area contributed by atoms with Gasteiger partial charge in [0.05, 0.1) is 5.25 Å². The van der Waals surface area contributed by atoms with Crippen molar-refractivity contribution in [1.82, 2.24) is 20.3 Å². The van der Waals surface area contributed by atoms with Gasteiger partial charge in [-0.15, -0.1) is 0 Å². The van der Waals surface area contributed by atoms with E-state index in [1.54, 1.807) is 0 Å². The normalized spacial score (nSPS) is 12.2. The number of hydrogen-bond donors (Lipinski definition) is 3. The van der Waals surface area contributed by atoms with Gasteiger partial charge in [0.25, 0.3) is 10.8 Å². The van der Waals surface area contributed by atoms with Crippen molar-refractivity contribution in [3.8, 4) is 0 Å². The van der Waals surface area contributed by atoms with Gasteiger partial charge in [0, 0.05) is 19.0 Å². The number of oxazole rings is 1. The number of para-hydroxylation sites is 2. The molecule has 0 saturated carbocycles. The largest absolute Gasteiger partial charge is 0.431 e. The maximum absolute atomic E-state index is 12.4. The van der Waals surface area contributed by atoms with E-state index < -0.39 is 0 Å². The molecule has 26 heavy (non-hydrogen) atoms. The highest BCUT2D eigenvalue weighted by Crippen LogP contribution is 2.28. The molecule has 136 valence electrons. The molecule has 4 N–H and O–H groups in total. The Morgan fingerprint density at radius 2 is 2.19 bits per heavy atom. The highest BCUT2D eigenvalue weighted by atomic mass is 32.2. The van der Waals surface area contributed by atoms with Crippen LogP contribution in [0, 0.1) is 0 Å². The first-order valence-corrected chi connectivity index (χ1v) is 9.08. The SMILES string of the molecule is CC[C@@H](Sc1nc2ccccc2o1)C(=O)NCCc1nc(N)cc(=O)[nH]1. The van der Waals surface area contributed by atoms with Gasteiger partial charge in [-0.3, -0.25) is 9.59 Å². The summed E-state index contributed by atoms with van der Waals surface area (Å²) >= 11 is 1.29. The van der Waals surface area contributed by atoms with Crippen LogP contribution in [0.4, 0.5) is 5.82 Å². The first kappa shape index (κ1) is 18.0. The lowest BCUT2D eigenvalue weighted by Gasteiger charge is -2.12. The van der Waals surface area contributed by atoms with E-state index in [9.17, 15) is 9.59 Å². The summed E-state index contributed by atoms with van der Waals surface area (Å²) in [5.74, 6) is 0.481. The van der Waals surface area contributed by atoms with Gasteiger partial charge in [0.2, 0.25) is 5.91 Å². The zero-order valence-electron chi connectivity index (χ0n) is 14.2. The van der Waals surface area contributed by atoms with Crippen LogP contribution in [0.25, 0.3) is 11.1 Å². The second-order valence-electron chi connectivity index (χ2n) is 5.62. The predicted molar refractivity (Wildman–Crippen MR) is 99.9 cm³/mol. The summed E-state index contributed by atoms with van der Waals surface area (Å²) in [5, 5.41) is 2.99. The number of nitrogens with zero attached hydrogens (tertiary/aromatic N) is 2. The number of benzene rings is 1. The van der Waals surface area contributed by atoms with Crippen LogP contribution in [0.1, 0.15) is 19.2 Å². The minimum absolute atomic E-state index is 0.119. The summed E-state index contributed by atoms with van der Waals surface area (Å²) in [4.78, 5) is 34.8. The summed E-state index contributed by atoms with van der Waals surface area (Å²) in [6.45, 7) is 2.27. The highest BCUT2D eigenvalue weighted by molar-refractivity contribution is 8.00. The van der Waals surface area contributed by atoms with E-state index in [-0.39, 0.29) is 22.5 Å². The predicted octanol–water partition coefficient (Wildman–Crippen LogP) is 1.72. The summed E-state index contributed by atoms with van der Waals surface area (Å²) in [5.41, 5.74) is 6.69. The Kier molecular flexibility index (Phi) is 5.57. The van der Waals surface area contributed by atoms with Crippen molar-refractivity contribution < 1.29 is 9.21 Å². The van der Waals surface area contributed by atoms with Crippen LogP contribution < -0.4 is 16.6 Å². The van der Waals surface area contributed by atoms with Gasteiger partial charge in [-0.05, 0) is 18.6 Å². The highest BCUT2D eigenvalue weighted by Gasteiger charge is 2.20. The Bertz CT molecular complexity index is 935. The van der Waals surface area contributed by atoms with Gasteiger partial charge in [0.1, 0.15) is 17.2 Å². The molecule has 9 heteroatoms. The number of nitrogens with two attached hydrogens (primary N) is 1. The molecule has 0 saturated heterocycles. The molecule has 1 atom stereocenters. The van der Waals surface area contributed by atoms with Gasteiger partial charge < -0.3 is 20.5 Å². The Morgan fingerprint density at radius 3 is 2.92 bits per heavy atom. The fourth-order valence-corrected chi connectivity index (χ4v) is 3.30. The quantitative estimate of drug-likeness (QED) is 0.538. The van der Waals surface area contributed by atoms with Crippen LogP contribution in [-0.2, 0) is 11.2 Å². The molecule has 0 aliphatic rings. The monoisotopic (exact) mass is 373 g/mol. The van der Waals surface area contributed by atoms with E-state index in [1.165, 1.54) is 17.8 Å². The molecule has 0 radical (unpaired) electrons. The summed E-state index contributed by atoms with van der Waals surface area (Å²) in [7, 11) is 0. The second kappa shape index (κ2) is 8.05. The van der Waals surface area contributed by atoms with Crippen molar-refractivity contribution in [1.29, 1.82) is 0 Å². The third kappa shape index (κ3) is 4.42. The molecular weight excluding hydrogens is 354 g/mol. The van der Waals surface area contributed by atoms with Crippen LogP contribution in [0.5, 0.6) is 0 Å². The molecular formula is C17H19N5O3S. The van der Waals surface area contributed by atoms with E-state index in [2.05, 4.69) is 20.3 Å². The average Bonchev–Trinajstić information content (AvgIpc) is 3.01. The summed E-state index contributed by atoms with van der Waals surface area (Å²) < 4.78 is 5.66. The number of anilines is 1. The smallest absolute Gasteiger partial charge is 0.257 e. The lowest BCUT2D eigenvalue weighted by atomic mass is 10.3. The molecule has 3 rings (SSSR count).